The number of nitrogens with two attached hydrogens (primary N) is 1. The Morgan fingerprint density at radius 2 is 1.85 bits per heavy atom. The molecule has 1 unspecified atom stereocenters. The summed E-state index contributed by atoms with van der Waals surface area (Å²) in [6, 6.07) is 0. The van der Waals surface area contributed by atoms with E-state index in [1.165, 1.54) is 0 Å². The van der Waals surface area contributed by atoms with Gasteiger partial charge in [0, 0.05) is 13.0 Å². The molecule has 0 saturated heterocycles. The zero-order valence-electron chi connectivity index (χ0n) is 8.08. The Bertz CT molecular complexity index is 217. The number of hydrogen-bond acceptors (Lipinski definition) is 1. The highest BCUT2D eigenvalue weighted by molar-refractivity contribution is 5.21. The van der Waals surface area contributed by atoms with E-state index in [1.807, 2.05) is 6.92 Å². The second-order valence-electron chi connectivity index (χ2n) is 4.65. The molecule has 0 aromatic rings. The molecule has 2 rings (SSSR count). The van der Waals surface area contributed by atoms with Gasteiger partial charge in [-0.25, -0.2) is 8.78 Å². The average Bonchev–Trinajstić information content (AvgIpc) is 2.54. The van der Waals surface area contributed by atoms with Crippen molar-refractivity contribution in [1.82, 2.24) is 0 Å². The molecule has 0 aliphatic heterocycles. The quantitative estimate of drug-likeness (QED) is 0.725. The van der Waals surface area contributed by atoms with E-state index >= 15 is 0 Å². The summed E-state index contributed by atoms with van der Waals surface area (Å²) in [5, 5.41) is 0. The first kappa shape index (κ1) is 9.38. The van der Waals surface area contributed by atoms with Crippen molar-refractivity contribution in [1.29, 1.82) is 0 Å². The predicted molar refractivity (Wildman–Crippen MR) is 47.6 cm³/mol. The van der Waals surface area contributed by atoms with E-state index in [1.54, 1.807) is 0 Å². The van der Waals surface area contributed by atoms with Gasteiger partial charge in [0.2, 0.25) is 0 Å². The zero-order chi connectivity index (χ0) is 9.74. The minimum atomic E-state index is -2.47. The lowest BCUT2D eigenvalue weighted by Gasteiger charge is -2.48. The highest BCUT2D eigenvalue weighted by Gasteiger charge is 2.78. The summed E-state index contributed by atoms with van der Waals surface area (Å²) in [5.41, 5.74) is 4.59. The predicted octanol–water partition coefficient (Wildman–Crippen LogP) is 2.55. The molecule has 76 valence electrons. The van der Waals surface area contributed by atoms with Gasteiger partial charge in [-0.1, -0.05) is 13.3 Å². The van der Waals surface area contributed by atoms with Crippen LogP contribution in [0.4, 0.5) is 8.78 Å². The third-order valence-electron chi connectivity index (χ3n) is 4.45. The lowest BCUT2D eigenvalue weighted by molar-refractivity contribution is -0.0506. The van der Waals surface area contributed by atoms with Gasteiger partial charge in [0.15, 0.2) is 0 Å². The third-order valence-corrected chi connectivity index (χ3v) is 4.45. The van der Waals surface area contributed by atoms with E-state index in [0.29, 0.717) is 0 Å². The standard InChI is InChI=1S/C10H17F2N/c1-2-8(4-3-5-8)9(7-13)6-10(9,11)12/h2-7,13H2,1H3. The zero-order valence-corrected chi connectivity index (χ0v) is 8.08. The van der Waals surface area contributed by atoms with E-state index in [0.717, 1.165) is 25.7 Å². The van der Waals surface area contributed by atoms with E-state index in [4.69, 9.17) is 5.73 Å². The number of halogens is 2. The Balaban J connectivity index is 2.23. The summed E-state index contributed by atoms with van der Waals surface area (Å²) in [5.74, 6) is -2.47. The first-order valence-electron chi connectivity index (χ1n) is 5.11. The molecular formula is C10H17F2N. The summed E-state index contributed by atoms with van der Waals surface area (Å²) in [4.78, 5) is 0. The molecule has 2 fully saturated rings. The Hall–Kier alpha value is -0.180. The van der Waals surface area contributed by atoms with Crippen LogP contribution >= 0.6 is 0 Å². The van der Waals surface area contributed by atoms with Gasteiger partial charge in [-0.2, -0.15) is 0 Å². The first-order valence-corrected chi connectivity index (χ1v) is 5.11. The van der Waals surface area contributed by atoms with Crippen molar-refractivity contribution in [3.8, 4) is 0 Å². The first-order chi connectivity index (χ1) is 6.04. The van der Waals surface area contributed by atoms with Crippen LogP contribution in [0.15, 0.2) is 0 Å². The summed E-state index contributed by atoms with van der Waals surface area (Å²) in [7, 11) is 0. The molecule has 0 amide bonds. The van der Waals surface area contributed by atoms with Crippen molar-refractivity contribution in [2.75, 3.05) is 6.54 Å². The maximum Gasteiger partial charge on any atom is 0.256 e. The molecular weight excluding hydrogens is 172 g/mol. The van der Waals surface area contributed by atoms with Gasteiger partial charge < -0.3 is 5.73 Å². The lowest BCUT2D eigenvalue weighted by Crippen LogP contribution is -2.45. The molecule has 0 radical (unpaired) electrons. The third kappa shape index (κ3) is 0.888. The fourth-order valence-electron chi connectivity index (χ4n) is 3.12. The van der Waals surface area contributed by atoms with Crippen molar-refractivity contribution >= 4 is 0 Å². The van der Waals surface area contributed by atoms with Crippen LogP contribution in [-0.2, 0) is 0 Å². The van der Waals surface area contributed by atoms with Crippen molar-refractivity contribution in [3.63, 3.8) is 0 Å². The second kappa shape index (κ2) is 2.44. The minimum absolute atomic E-state index is 0.0321. The van der Waals surface area contributed by atoms with E-state index in [-0.39, 0.29) is 18.4 Å². The largest absolute Gasteiger partial charge is 0.330 e. The average molecular weight is 189 g/mol. The Morgan fingerprint density at radius 3 is 1.92 bits per heavy atom. The van der Waals surface area contributed by atoms with Gasteiger partial charge in [0.1, 0.15) is 0 Å². The van der Waals surface area contributed by atoms with E-state index in [2.05, 4.69) is 0 Å². The molecule has 0 aromatic carbocycles. The van der Waals surface area contributed by atoms with Crippen molar-refractivity contribution < 1.29 is 8.78 Å². The topological polar surface area (TPSA) is 26.0 Å². The van der Waals surface area contributed by atoms with Crippen LogP contribution in [-0.4, -0.2) is 12.5 Å². The summed E-state index contributed by atoms with van der Waals surface area (Å²) >= 11 is 0. The molecule has 3 heteroatoms. The van der Waals surface area contributed by atoms with Crippen LogP contribution in [0.3, 0.4) is 0 Å². The normalized spacial score (nSPS) is 39.7. The summed E-state index contributed by atoms with van der Waals surface area (Å²) in [6.07, 6.45) is 3.91. The summed E-state index contributed by atoms with van der Waals surface area (Å²) < 4.78 is 26.6. The maximum atomic E-state index is 13.3. The molecule has 2 saturated carbocycles. The van der Waals surface area contributed by atoms with Gasteiger partial charge in [-0.05, 0) is 24.7 Å². The van der Waals surface area contributed by atoms with Crippen LogP contribution in [0.1, 0.15) is 39.0 Å². The molecule has 2 N–H and O–H groups in total. The number of alkyl halides is 2. The van der Waals surface area contributed by atoms with Crippen LogP contribution in [0, 0.1) is 10.8 Å². The monoisotopic (exact) mass is 189 g/mol. The molecule has 2 aliphatic carbocycles. The SMILES string of the molecule is CCC1(C2(CN)CC2(F)F)CCC1. The number of hydrogen-bond donors (Lipinski definition) is 1. The fraction of sp³-hybridized carbons (Fsp3) is 1.00. The van der Waals surface area contributed by atoms with Crippen LogP contribution in [0.5, 0.6) is 0 Å². The molecule has 2 aliphatic rings. The van der Waals surface area contributed by atoms with Crippen LogP contribution in [0.2, 0.25) is 0 Å². The molecule has 0 spiro atoms. The fourth-order valence-corrected chi connectivity index (χ4v) is 3.12. The second-order valence-corrected chi connectivity index (χ2v) is 4.65. The van der Waals surface area contributed by atoms with Crippen molar-refractivity contribution in [2.24, 2.45) is 16.6 Å². The minimum Gasteiger partial charge on any atom is -0.330 e. The molecule has 1 nitrogen and oxygen atoms in total. The highest BCUT2D eigenvalue weighted by Crippen LogP contribution is 2.74. The molecule has 13 heavy (non-hydrogen) atoms. The Labute approximate surface area is 77.7 Å². The van der Waals surface area contributed by atoms with Crippen molar-refractivity contribution in [3.05, 3.63) is 0 Å². The number of rotatable bonds is 3. The van der Waals surface area contributed by atoms with E-state index < -0.39 is 11.3 Å². The van der Waals surface area contributed by atoms with Gasteiger partial charge in [-0.3, -0.25) is 0 Å². The van der Waals surface area contributed by atoms with E-state index in [9.17, 15) is 8.78 Å². The van der Waals surface area contributed by atoms with Gasteiger partial charge in [0.05, 0.1) is 5.41 Å². The van der Waals surface area contributed by atoms with Gasteiger partial charge >= 0.3 is 0 Å². The molecule has 0 aromatic heterocycles. The van der Waals surface area contributed by atoms with Crippen LogP contribution in [0.25, 0.3) is 0 Å². The van der Waals surface area contributed by atoms with Gasteiger partial charge in [0.25, 0.3) is 5.92 Å². The molecule has 1 atom stereocenters. The molecule has 0 heterocycles. The highest BCUT2D eigenvalue weighted by atomic mass is 19.3. The smallest absolute Gasteiger partial charge is 0.256 e. The Kier molecular flexibility index (Phi) is 1.76. The molecule has 0 bridgehead atoms. The van der Waals surface area contributed by atoms with Crippen LogP contribution < -0.4 is 5.73 Å². The van der Waals surface area contributed by atoms with Crippen molar-refractivity contribution in [2.45, 2.75) is 45.0 Å². The Morgan fingerprint density at radius 1 is 1.31 bits per heavy atom. The van der Waals surface area contributed by atoms with Gasteiger partial charge in [-0.15, -0.1) is 0 Å². The summed E-state index contributed by atoms with van der Waals surface area (Å²) in [6.45, 7) is 2.18. The maximum absolute atomic E-state index is 13.3. The lowest BCUT2D eigenvalue weighted by atomic mass is 9.57.